The third-order valence-electron chi connectivity index (χ3n) is 3.31. The van der Waals surface area contributed by atoms with Gasteiger partial charge in [-0.25, -0.2) is 8.42 Å². The standard InChI is InChI=1S/C13H22N2O2S2/c1-9-6-7-12(14)11(3)13(9)19(16,17)15(4)10(2)8-18-5/h6-7,10H,8,14H2,1-5H3. The van der Waals surface area contributed by atoms with Crippen LogP contribution in [0.25, 0.3) is 0 Å². The highest BCUT2D eigenvalue weighted by atomic mass is 32.2. The summed E-state index contributed by atoms with van der Waals surface area (Å²) in [5.41, 5.74) is 7.70. The van der Waals surface area contributed by atoms with Gasteiger partial charge >= 0.3 is 0 Å². The van der Waals surface area contributed by atoms with Crippen molar-refractivity contribution < 1.29 is 8.42 Å². The molecule has 0 radical (unpaired) electrons. The Bertz CT molecular complexity index is 556. The van der Waals surface area contributed by atoms with Crippen LogP contribution in [-0.2, 0) is 10.0 Å². The van der Waals surface area contributed by atoms with E-state index in [1.54, 1.807) is 44.8 Å². The molecule has 0 saturated heterocycles. The number of aryl methyl sites for hydroxylation is 1. The van der Waals surface area contributed by atoms with Gasteiger partial charge in [0, 0.05) is 24.5 Å². The monoisotopic (exact) mass is 302 g/mol. The quantitative estimate of drug-likeness (QED) is 0.847. The number of benzene rings is 1. The number of anilines is 1. The molecule has 6 heteroatoms. The molecular formula is C13H22N2O2S2. The van der Waals surface area contributed by atoms with Crippen molar-refractivity contribution in [1.29, 1.82) is 0 Å². The molecule has 19 heavy (non-hydrogen) atoms. The van der Waals surface area contributed by atoms with E-state index in [1.165, 1.54) is 4.31 Å². The van der Waals surface area contributed by atoms with Gasteiger partial charge in [-0.15, -0.1) is 0 Å². The molecule has 108 valence electrons. The number of hydrogen-bond acceptors (Lipinski definition) is 4. The maximum Gasteiger partial charge on any atom is 0.243 e. The number of nitrogens with two attached hydrogens (primary N) is 1. The Balaban J connectivity index is 3.32. The number of sulfonamides is 1. The lowest BCUT2D eigenvalue weighted by Crippen LogP contribution is -2.37. The van der Waals surface area contributed by atoms with E-state index in [4.69, 9.17) is 5.73 Å². The summed E-state index contributed by atoms with van der Waals surface area (Å²) in [6.07, 6.45) is 1.97. The van der Waals surface area contributed by atoms with Crippen molar-refractivity contribution in [3.63, 3.8) is 0 Å². The summed E-state index contributed by atoms with van der Waals surface area (Å²) < 4.78 is 26.8. The summed E-state index contributed by atoms with van der Waals surface area (Å²) >= 11 is 1.63. The minimum atomic E-state index is -3.50. The molecule has 0 bridgehead atoms. The molecule has 2 N–H and O–H groups in total. The van der Waals surface area contributed by atoms with Crippen molar-refractivity contribution >= 4 is 27.5 Å². The lowest BCUT2D eigenvalue weighted by molar-refractivity contribution is 0.414. The van der Waals surface area contributed by atoms with Crippen LogP contribution in [0.3, 0.4) is 0 Å². The number of thioether (sulfide) groups is 1. The highest BCUT2D eigenvalue weighted by molar-refractivity contribution is 7.98. The average molecular weight is 302 g/mol. The van der Waals surface area contributed by atoms with E-state index in [9.17, 15) is 8.42 Å². The summed E-state index contributed by atoms with van der Waals surface area (Å²) in [7, 11) is -1.88. The van der Waals surface area contributed by atoms with E-state index >= 15 is 0 Å². The van der Waals surface area contributed by atoms with Gasteiger partial charge in [0.15, 0.2) is 0 Å². The van der Waals surface area contributed by atoms with Crippen molar-refractivity contribution in [1.82, 2.24) is 4.31 Å². The minimum absolute atomic E-state index is 0.0553. The van der Waals surface area contributed by atoms with Crippen LogP contribution >= 0.6 is 11.8 Å². The molecule has 0 aliphatic carbocycles. The Morgan fingerprint density at radius 3 is 2.47 bits per heavy atom. The highest BCUT2D eigenvalue weighted by Crippen LogP contribution is 2.28. The van der Waals surface area contributed by atoms with Crippen LogP contribution in [0.2, 0.25) is 0 Å². The molecule has 1 aromatic rings. The predicted molar refractivity (Wildman–Crippen MR) is 83.1 cm³/mol. The van der Waals surface area contributed by atoms with Crippen molar-refractivity contribution in [2.45, 2.75) is 31.7 Å². The van der Waals surface area contributed by atoms with E-state index < -0.39 is 10.0 Å². The van der Waals surface area contributed by atoms with Crippen molar-refractivity contribution in [3.8, 4) is 0 Å². The second-order valence-electron chi connectivity index (χ2n) is 4.75. The molecule has 0 fully saturated rings. The summed E-state index contributed by atoms with van der Waals surface area (Å²) in [5, 5.41) is 0. The molecule has 4 nitrogen and oxygen atoms in total. The van der Waals surface area contributed by atoms with Gasteiger partial charge < -0.3 is 5.73 Å². The van der Waals surface area contributed by atoms with Gasteiger partial charge in [-0.2, -0.15) is 16.1 Å². The summed E-state index contributed by atoms with van der Waals surface area (Å²) in [5.74, 6) is 0.760. The number of nitrogens with zero attached hydrogens (tertiary/aromatic N) is 1. The smallest absolute Gasteiger partial charge is 0.243 e. The second-order valence-corrected chi connectivity index (χ2v) is 7.60. The molecule has 0 aromatic heterocycles. The number of hydrogen-bond donors (Lipinski definition) is 1. The summed E-state index contributed by atoms with van der Waals surface area (Å²) in [4.78, 5) is 0.336. The van der Waals surface area contributed by atoms with Crippen LogP contribution in [0, 0.1) is 13.8 Å². The largest absolute Gasteiger partial charge is 0.398 e. The van der Waals surface area contributed by atoms with Gasteiger partial charge in [-0.1, -0.05) is 6.07 Å². The normalized spacial score (nSPS) is 13.8. The molecule has 1 atom stereocenters. The Morgan fingerprint density at radius 1 is 1.37 bits per heavy atom. The molecule has 1 aromatic carbocycles. The lowest BCUT2D eigenvalue weighted by Gasteiger charge is -2.25. The Kier molecular flexibility index (Phi) is 5.29. The minimum Gasteiger partial charge on any atom is -0.398 e. The Hall–Kier alpha value is -0.720. The van der Waals surface area contributed by atoms with Crippen molar-refractivity contribution in [2.75, 3.05) is 24.8 Å². The number of rotatable bonds is 5. The summed E-state index contributed by atoms with van der Waals surface area (Å²) in [6, 6.07) is 3.44. The van der Waals surface area contributed by atoms with Crippen LogP contribution < -0.4 is 5.73 Å². The maximum absolute atomic E-state index is 12.7. The van der Waals surface area contributed by atoms with Crippen molar-refractivity contribution in [3.05, 3.63) is 23.3 Å². The molecule has 1 rings (SSSR count). The molecule has 0 spiro atoms. The highest BCUT2D eigenvalue weighted by Gasteiger charge is 2.28. The van der Waals surface area contributed by atoms with Gasteiger partial charge in [-0.3, -0.25) is 0 Å². The number of nitrogen functional groups attached to an aromatic ring is 1. The van der Waals surface area contributed by atoms with Crippen LogP contribution in [0.1, 0.15) is 18.1 Å². The zero-order chi connectivity index (χ0) is 14.8. The fourth-order valence-electron chi connectivity index (χ4n) is 1.97. The van der Waals surface area contributed by atoms with Crippen LogP contribution in [0.4, 0.5) is 5.69 Å². The topological polar surface area (TPSA) is 63.4 Å². The molecule has 0 heterocycles. The fourth-order valence-corrected chi connectivity index (χ4v) is 4.58. The second kappa shape index (κ2) is 6.15. The van der Waals surface area contributed by atoms with E-state index in [0.717, 1.165) is 11.3 Å². The van der Waals surface area contributed by atoms with Gasteiger partial charge in [0.05, 0.1) is 4.90 Å². The molecule has 0 amide bonds. The van der Waals surface area contributed by atoms with E-state index in [1.807, 2.05) is 13.2 Å². The molecular weight excluding hydrogens is 280 g/mol. The average Bonchev–Trinajstić information content (AvgIpc) is 2.33. The van der Waals surface area contributed by atoms with Gasteiger partial charge in [0.25, 0.3) is 0 Å². The fraction of sp³-hybridized carbons (Fsp3) is 0.538. The molecule has 1 unspecified atom stereocenters. The SMILES string of the molecule is CSCC(C)N(C)S(=O)(=O)c1c(C)ccc(N)c1C. The molecule has 0 aliphatic heterocycles. The van der Waals surface area contributed by atoms with Gasteiger partial charge in [-0.05, 0) is 44.2 Å². The van der Waals surface area contributed by atoms with Gasteiger partial charge in [0.1, 0.15) is 0 Å². The maximum atomic E-state index is 12.7. The first kappa shape index (κ1) is 16.3. The van der Waals surface area contributed by atoms with Crippen LogP contribution in [0.5, 0.6) is 0 Å². The first-order valence-electron chi connectivity index (χ1n) is 6.06. The van der Waals surface area contributed by atoms with Crippen LogP contribution in [0.15, 0.2) is 17.0 Å². The van der Waals surface area contributed by atoms with E-state index in [2.05, 4.69) is 0 Å². The van der Waals surface area contributed by atoms with E-state index in [0.29, 0.717) is 16.1 Å². The van der Waals surface area contributed by atoms with Crippen LogP contribution in [-0.4, -0.2) is 37.8 Å². The molecule has 0 saturated carbocycles. The van der Waals surface area contributed by atoms with Gasteiger partial charge in [0.2, 0.25) is 10.0 Å². The predicted octanol–water partition coefficient (Wildman–Crippen LogP) is 2.26. The van der Waals surface area contributed by atoms with E-state index in [-0.39, 0.29) is 6.04 Å². The Labute approximate surface area is 120 Å². The molecule has 0 aliphatic rings. The zero-order valence-electron chi connectivity index (χ0n) is 12.1. The lowest BCUT2D eigenvalue weighted by atomic mass is 10.1. The third kappa shape index (κ3) is 3.24. The third-order valence-corrected chi connectivity index (χ3v) is 6.39. The Morgan fingerprint density at radius 2 is 1.95 bits per heavy atom. The zero-order valence-corrected chi connectivity index (χ0v) is 13.7. The van der Waals surface area contributed by atoms with Crippen molar-refractivity contribution in [2.24, 2.45) is 0 Å². The first-order chi connectivity index (χ1) is 8.73. The first-order valence-corrected chi connectivity index (χ1v) is 8.89. The summed E-state index contributed by atoms with van der Waals surface area (Å²) in [6.45, 7) is 5.46.